The van der Waals surface area contributed by atoms with Crippen molar-refractivity contribution in [3.63, 3.8) is 0 Å². The van der Waals surface area contributed by atoms with Gasteiger partial charge >= 0.3 is 23.9 Å². The zero-order chi connectivity index (χ0) is 20.3. The minimum atomic E-state index is -1.02. The number of hydrogen-bond acceptors (Lipinski definition) is 8. The van der Waals surface area contributed by atoms with Crippen molar-refractivity contribution in [2.24, 2.45) is 11.3 Å². The summed E-state index contributed by atoms with van der Waals surface area (Å²) in [5, 5.41) is 0. The smallest absolute Gasteiger partial charge is 0.330 e. The van der Waals surface area contributed by atoms with E-state index in [0.717, 1.165) is 25.0 Å². The molecule has 27 heavy (non-hydrogen) atoms. The second-order valence-electron chi connectivity index (χ2n) is 6.26. The largest absolute Gasteiger partial charge is 0.462 e. The van der Waals surface area contributed by atoms with Crippen LogP contribution < -0.4 is 0 Å². The number of hydrogen-bond donors (Lipinski definition) is 0. The van der Waals surface area contributed by atoms with Gasteiger partial charge in [0.15, 0.2) is 0 Å². The topological polar surface area (TPSA) is 105 Å². The molecule has 0 bridgehead atoms. The lowest BCUT2D eigenvalue weighted by molar-refractivity contribution is -0.174. The Bertz CT molecular complexity index is 582. The monoisotopic (exact) mass is 382 g/mol. The van der Waals surface area contributed by atoms with E-state index in [1.807, 2.05) is 0 Å². The second-order valence-corrected chi connectivity index (χ2v) is 6.26. The molecule has 8 nitrogen and oxygen atoms in total. The van der Waals surface area contributed by atoms with Gasteiger partial charge < -0.3 is 18.9 Å². The predicted octanol–water partition coefficient (Wildman–Crippen LogP) is 1.73. The highest BCUT2D eigenvalue weighted by Crippen LogP contribution is 2.42. The van der Waals surface area contributed by atoms with Crippen LogP contribution >= 0.6 is 0 Å². The zero-order valence-electron chi connectivity index (χ0n) is 15.6. The van der Waals surface area contributed by atoms with Crippen LogP contribution in [0.1, 0.15) is 32.6 Å². The first-order valence-electron chi connectivity index (χ1n) is 8.77. The number of carbonyl (C=O) groups is 4. The third-order valence-electron chi connectivity index (χ3n) is 4.42. The van der Waals surface area contributed by atoms with Crippen LogP contribution in [0, 0.1) is 11.3 Å². The lowest BCUT2D eigenvalue weighted by Crippen LogP contribution is -2.44. The van der Waals surface area contributed by atoms with E-state index in [-0.39, 0.29) is 26.4 Å². The average Bonchev–Trinajstić information content (AvgIpc) is 2.67. The molecule has 2 unspecified atom stereocenters. The van der Waals surface area contributed by atoms with Crippen molar-refractivity contribution >= 4 is 23.9 Å². The van der Waals surface area contributed by atoms with E-state index in [4.69, 9.17) is 18.9 Å². The molecule has 1 fully saturated rings. The van der Waals surface area contributed by atoms with E-state index in [0.29, 0.717) is 12.8 Å². The van der Waals surface area contributed by atoms with Crippen molar-refractivity contribution in [3.8, 4) is 0 Å². The van der Waals surface area contributed by atoms with E-state index in [1.165, 1.54) is 0 Å². The quantitative estimate of drug-likeness (QED) is 0.243. The molecule has 0 heterocycles. The van der Waals surface area contributed by atoms with Gasteiger partial charge in [-0.25, -0.2) is 9.59 Å². The van der Waals surface area contributed by atoms with Crippen LogP contribution in [0.2, 0.25) is 0 Å². The normalized spacial score (nSPS) is 21.4. The molecule has 2 atom stereocenters. The van der Waals surface area contributed by atoms with Crippen molar-refractivity contribution in [2.75, 3.05) is 26.4 Å². The lowest BCUT2D eigenvalue weighted by atomic mass is 9.67. The maximum atomic E-state index is 12.5. The van der Waals surface area contributed by atoms with Crippen LogP contribution in [0.25, 0.3) is 0 Å². The van der Waals surface area contributed by atoms with Gasteiger partial charge in [-0.1, -0.05) is 26.0 Å². The van der Waals surface area contributed by atoms with E-state index in [2.05, 4.69) is 13.2 Å². The van der Waals surface area contributed by atoms with Crippen LogP contribution in [0.15, 0.2) is 25.3 Å². The van der Waals surface area contributed by atoms with Gasteiger partial charge in [-0.3, -0.25) is 9.59 Å². The molecule has 0 radical (unpaired) electrons. The first-order chi connectivity index (χ1) is 12.8. The van der Waals surface area contributed by atoms with Gasteiger partial charge in [0.25, 0.3) is 0 Å². The third-order valence-corrected chi connectivity index (χ3v) is 4.42. The maximum Gasteiger partial charge on any atom is 0.330 e. The summed E-state index contributed by atoms with van der Waals surface area (Å²) in [6.07, 6.45) is 4.61. The summed E-state index contributed by atoms with van der Waals surface area (Å²) in [6.45, 7) is 7.83. The molecular weight excluding hydrogens is 356 g/mol. The van der Waals surface area contributed by atoms with Gasteiger partial charge in [0.05, 0.1) is 11.3 Å². The summed E-state index contributed by atoms with van der Waals surface area (Å²) in [4.78, 5) is 46.9. The first-order valence-corrected chi connectivity index (χ1v) is 8.77. The molecule has 0 aromatic rings. The molecule has 0 spiro atoms. The second kappa shape index (κ2) is 11.2. The zero-order valence-corrected chi connectivity index (χ0v) is 15.6. The molecule has 8 heteroatoms. The van der Waals surface area contributed by atoms with E-state index < -0.39 is 35.2 Å². The van der Waals surface area contributed by atoms with Crippen molar-refractivity contribution in [3.05, 3.63) is 25.3 Å². The molecule has 1 aliphatic carbocycles. The lowest BCUT2D eigenvalue weighted by Gasteiger charge is -2.37. The number of rotatable bonds is 10. The van der Waals surface area contributed by atoms with Gasteiger partial charge in [-0.05, 0) is 19.8 Å². The number of carbonyl (C=O) groups excluding carboxylic acids is 4. The Morgan fingerprint density at radius 1 is 0.889 bits per heavy atom. The Morgan fingerprint density at radius 3 is 1.96 bits per heavy atom. The van der Waals surface area contributed by atoms with Gasteiger partial charge in [0, 0.05) is 12.2 Å². The molecule has 0 aliphatic heterocycles. The van der Waals surface area contributed by atoms with Crippen molar-refractivity contribution in [2.45, 2.75) is 32.6 Å². The SMILES string of the molecule is C=CC(=O)OCCOC(=O)C1CCCCC1(C)C(=O)OCCOC(=O)C=C. The van der Waals surface area contributed by atoms with Crippen molar-refractivity contribution in [1.29, 1.82) is 0 Å². The van der Waals surface area contributed by atoms with Crippen molar-refractivity contribution < 1.29 is 38.1 Å². The highest BCUT2D eigenvalue weighted by Gasteiger charge is 2.48. The van der Waals surface area contributed by atoms with Gasteiger partial charge in [0.1, 0.15) is 26.4 Å². The van der Waals surface area contributed by atoms with Gasteiger partial charge in [-0.15, -0.1) is 0 Å². The Kier molecular flexibility index (Phi) is 9.25. The minimum absolute atomic E-state index is 0.0842. The molecule has 1 rings (SSSR count). The Hall–Kier alpha value is -2.64. The molecule has 0 aromatic heterocycles. The first kappa shape index (κ1) is 22.4. The van der Waals surface area contributed by atoms with E-state index in [9.17, 15) is 19.2 Å². The van der Waals surface area contributed by atoms with Crippen LogP contribution in [0.3, 0.4) is 0 Å². The third kappa shape index (κ3) is 6.88. The highest BCUT2D eigenvalue weighted by molar-refractivity contribution is 5.85. The van der Waals surface area contributed by atoms with E-state index >= 15 is 0 Å². The number of ether oxygens (including phenoxy) is 4. The Morgan fingerprint density at radius 2 is 1.41 bits per heavy atom. The maximum absolute atomic E-state index is 12.5. The molecular formula is C19H26O8. The molecule has 0 N–H and O–H groups in total. The Balaban J connectivity index is 2.55. The van der Waals surface area contributed by atoms with Crippen molar-refractivity contribution in [1.82, 2.24) is 0 Å². The minimum Gasteiger partial charge on any atom is -0.462 e. The molecule has 1 aliphatic rings. The average molecular weight is 382 g/mol. The van der Waals surface area contributed by atoms with E-state index in [1.54, 1.807) is 6.92 Å². The summed E-state index contributed by atoms with van der Waals surface area (Å²) >= 11 is 0. The summed E-state index contributed by atoms with van der Waals surface area (Å²) in [5.74, 6) is -2.91. The van der Waals surface area contributed by atoms with Gasteiger partial charge in [-0.2, -0.15) is 0 Å². The fraction of sp³-hybridized carbons (Fsp3) is 0.579. The number of esters is 4. The van der Waals surface area contributed by atoms with Crippen LogP contribution in [-0.2, 0) is 38.1 Å². The summed E-state index contributed by atoms with van der Waals surface area (Å²) in [6, 6.07) is 0. The predicted molar refractivity (Wildman–Crippen MR) is 94.3 cm³/mol. The molecule has 150 valence electrons. The van der Waals surface area contributed by atoms with Gasteiger partial charge in [0.2, 0.25) is 0 Å². The molecule has 0 saturated heterocycles. The summed E-state index contributed by atoms with van der Waals surface area (Å²) in [7, 11) is 0. The van der Waals surface area contributed by atoms with Crippen LogP contribution in [0.4, 0.5) is 0 Å². The fourth-order valence-electron chi connectivity index (χ4n) is 2.90. The summed E-state index contributed by atoms with van der Waals surface area (Å²) < 4.78 is 19.9. The molecule has 0 aromatic carbocycles. The molecule has 1 saturated carbocycles. The standard InChI is InChI=1S/C19H26O8/c1-4-15(20)24-10-12-26-17(22)14-8-6-7-9-19(14,3)18(23)27-13-11-25-16(21)5-2/h4-5,14H,1-2,6-13H2,3H3. The van der Waals surface area contributed by atoms with Crippen LogP contribution in [0.5, 0.6) is 0 Å². The fourth-order valence-corrected chi connectivity index (χ4v) is 2.90. The Labute approximate surface area is 158 Å². The molecule has 0 amide bonds. The van der Waals surface area contributed by atoms with Crippen LogP contribution in [-0.4, -0.2) is 50.3 Å². The highest BCUT2D eigenvalue weighted by atomic mass is 16.6. The summed E-state index contributed by atoms with van der Waals surface area (Å²) in [5.41, 5.74) is -1.02.